The molecule has 0 saturated carbocycles. The number of ether oxygens (including phenoxy) is 1. The monoisotopic (exact) mass is 460 g/mol. The van der Waals surface area contributed by atoms with Gasteiger partial charge in [-0.3, -0.25) is 4.79 Å². The van der Waals surface area contributed by atoms with E-state index in [0.717, 1.165) is 12.1 Å². The summed E-state index contributed by atoms with van der Waals surface area (Å²) in [7, 11) is 0. The van der Waals surface area contributed by atoms with E-state index in [-0.39, 0.29) is 36.8 Å². The van der Waals surface area contributed by atoms with Crippen molar-refractivity contribution in [3.8, 4) is 5.75 Å². The summed E-state index contributed by atoms with van der Waals surface area (Å²) in [4.78, 5) is 10.6. The van der Waals surface area contributed by atoms with E-state index >= 15 is 0 Å². The van der Waals surface area contributed by atoms with E-state index in [0.29, 0.717) is 16.2 Å². The van der Waals surface area contributed by atoms with E-state index in [1.807, 2.05) is 0 Å². The predicted molar refractivity (Wildman–Crippen MR) is 105 cm³/mol. The van der Waals surface area contributed by atoms with Gasteiger partial charge in [0.1, 0.15) is 6.61 Å². The molecule has 0 saturated heterocycles. The van der Waals surface area contributed by atoms with Gasteiger partial charge >= 0.3 is 12.1 Å². The first-order chi connectivity index (χ1) is 14.6. The van der Waals surface area contributed by atoms with E-state index in [4.69, 9.17) is 21.4 Å². The van der Waals surface area contributed by atoms with Crippen LogP contribution in [0.4, 0.5) is 22.0 Å². The Morgan fingerprint density at radius 2 is 1.74 bits per heavy atom. The van der Waals surface area contributed by atoms with Gasteiger partial charge in [-0.2, -0.15) is 13.2 Å². The normalized spacial score (nSPS) is 16.6. The minimum absolute atomic E-state index is 0.0800. The first kappa shape index (κ1) is 23.1. The lowest BCUT2D eigenvalue weighted by Crippen LogP contribution is -2.25. The Kier molecular flexibility index (Phi) is 6.89. The van der Waals surface area contributed by atoms with Crippen molar-refractivity contribution < 1.29 is 36.6 Å². The van der Waals surface area contributed by atoms with Gasteiger partial charge in [0.25, 0.3) is 0 Å². The van der Waals surface area contributed by atoms with Gasteiger partial charge in [0.05, 0.1) is 5.92 Å². The Morgan fingerprint density at radius 3 is 2.29 bits per heavy atom. The number of hydrogen-bond acceptors (Lipinski definition) is 2. The molecule has 0 spiro atoms. The number of carbonyl (C=O) groups is 1. The number of benzene rings is 2. The Hall–Kier alpha value is -2.61. The van der Waals surface area contributed by atoms with E-state index < -0.39 is 42.1 Å². The molecule has 1 aliphatic rings. The van der Waals surface area contributed by atoms with Crippen LogP contribution in [0.3, 0.4) is 0 Å². The van der Waals surface area contributed by atoms with Crippen LogP contribution in [0.2, 0.25) is 5.02 Å². The van der Waals surface area contributed by atoms with Crippen LogP contribution >= 0.6 is 11.6 Å². The molecule has 1 N–H and O–H groups in total. The average Bonchev–Trinajstić information content (AvgIpc) is 3.10. The fourth-order valence-corrected chi connectivity index (χ4v) is 3.79. The second-order valence-electron chi connectivity index (χ2n) is 7.21. The summed E-state index contributed by atoms with van der Waals surface area (Å²) in [6.45, 7) is -0.634. The van der Waals surface area contributed by atoms with Crippen molar-refractivity contribution in [3.63, 3.8) is 0 Å². The quantitative estimate of drug-likeness (QED) is 0.484. The molecule has 166 valence electrons. The lowest BCUT2D eigenvalue weighted by molar-refractivity contribution is -0.164. The molecule has 0 aliphatic heterocycles. The molecule has 0 amide bonds. The van der Waals surface area contributed by atoms with Crippen molar-refractivity contribution in [2.75, 3.05) is 6.61 Å². The van der Waals surface area contributed by atoms with E-state index in [9.17, 15) is 26.7 Å². The number of aryl methyl sites for hydroxylation is 1. The molecule has 0 heterocycles. The van der Waals surface area contributed by atoms with E-state index in [2.05, 4.69) is 0 Å². The van der Waals surface area contributed by atoms with Crippen molar-refractivity contribution >= 4 is 23.1 Å². The van der Waals surface area contributed by atoms with Crippen LogP contribution in [0.15, 0.2) is 42.0 Å². The van der Waals surface area contributed by atoms with Crippen LogP contribution in [0.25, 0.3) is 5.57 Å². The van der Waals surface area contributed by atoms with Crippen molar-refractivity contribution in [1.82, 2.24) is 0 Å². The summed E-state index contributed by atoms with van der Waals surface area (Å²) in [6, 6.07) is 8.14. The highest BCUT2D eigenvalue weighted by Gasteiger charge is 2.46. The standard InChI is InChI=1S/C22H18ClF5O3/c23-14-4-2-13(3-5-14)15-6-7-17(22(26,27)28)16(15)11-31-21-18(24)9-12(10-19(21)25)1-8-20(29)30/h2-5,9-10,17H,1,6-8,11H2,(H,29,30). The summed E-state index contributed by atoms with van der Waals surface area (Å²) < 4.78 is 74.5. The van der Waals surface area contributed by atoms with Crippen LogP contribution in [0.1, 0.15) is 30.4 Å². The summed E-state index contributed by atoms with van der Waals surface area (Å²) in [5.41, 5.74) is 0.987. The number of allylic oxidation sites excluding steroid dienone is 1. The zero-order chi connectivity index (χ0) is 22.8. The smallest absolute Gasteiger partial charge is 0.395 e. The van der Waals surface area contributed by atoms with E-state index in [1.54, 1.807) is 24.3 Å². The first-order valence-corrected chi connectivity index (χ1v) is 9.81. The molecule has 3 rings (SSSR count). The molecule has 31 heavy (non-hydrogen) atoms. The molecule has 9 heteroatoms. The molecule has 0 bridgehead atoms. The Labute approximate surface area is 180 Å². The van der Waals surface area contributed by atoms with Crippen molar-refractivity contribution in [2.45, 2.75) is 31.9 Å². The number of carboxylic acids is 1. The van der Waals surface area contributed by atoms with Crippen molar-refractivity contribution in [3.05, 3.63) is 69.8 Å². The molecule has 0 radical (unpaired) electrons. The third-order valence-electron chi connectivity index (χ3n) is 5.14. The minimum atomic E-state index is -4.52. The molecule has 0 aromatic heterocycles. The highest BCUT2D eigenvalue weighted by molar-refractivity contribution is 6.30. The average molecular weight is 461 g/mol. The highest BCUT2D eigenvalue weighted by Crippen LogP contribution is 2.46. The molecule has 2 aromatic carbocycles. The van der Waals surface area contributed by atoms with Gasteiger partial charge in [0.2, 0.25) is 0 Å². The molecule has 1 unspecified atom stereocenters. The van der Waals surface area contributed by atoms with Crippen LogP contribution in [-0.4, -0.2) is 23.9 Å². The van der Waals surface area contributed by atoms with Crippen LogP contribution in [0.5, 0.6) is 5.75 Å². The Bertz CT molecular complexity index is 976. The maximum absolute atomic E-state index is 14.3. The topological polar surface area (TPSA) is 46.5 Å². The summed E-state index contributed by atoms with van der Waals surface area (Å²) in [5.74, 6) is -5.90. The van der Waals surface area contributed by atoms with Crippen LogP contribution in [-0.2, 0) is 11.2 Å². The lowest BCUT2D eigenvalue weighted by Gasteiger charge is -2.20. The zero-order valence-electron chi connectivity index (χ0n) is 16.1. The molecule has 1 atom stereocenters. The first-order valence-electron chi connectivity index (χ1n) is 9.43. The number of carboxylic acid groups (broad SMARTS) is 1. The van der Waals surface area contributed by atoms with Gasteiger partial charge in [-0.1, -0.05) is 23.7 Å². The van der Waals surface area contributed by atoms with Gasteiger partial charge in [0.15, 0.2) is 17.4 Å². The van der Waals surface area contributed by atoms with Gasteiger partial charge in [-0.25, -0.2) is 8.78 Å². The lowest BCUT2D eigenvalue weighted by atomic mass is 9.98. The van der Waals surface area contributed by atoms with Crippen molar-refractivity contribution in [1.29, 1.82) is 0 Å². The SMILES string of the molecule is O=C(O)CCc1cc(F)c(OCC2=C(c3ccc(Cl)cc3)CCC2C(F)(F)F)c(F)c1. The third-order valence-corrected chi connectivity index (χ3v) is 5.39. The second-order valence-corrected chi connectivity index (χ2v) is 7.65. The van der Waals surface area contributed by atoms with Crippen LogP contribution < -0.4 is 4.74 Å². The van der Waals surface area contributed by atoms with Gasteiger partial charge in [-0.15, -0.1) is 0 Å². The molecular weight excluding hydrogens is 443 g/mol. The number of halogens is 6. The predicted octanol–water partition coefficient (Wildman–Crippen LogP) is 6.44. The third kappa shape index (κ3) is 5.55. The zero-order valence-corrected chi connectivity index (χ0v) is 16.9. The molecular formula is C22H18ClF5O3. The number of alkyl halides is 3. The fourth-order valence-electron chi connectivity index (χ4n) is 3.66. The number of hydrogen-bond donors (Lipinski definition) is 1. The van der Waals surface area contributed by atoms with Gasteiger partial charge in [-0.05, 0) is 65.8 Å². The molecule has 1 aliphatic carbocycles. The maximum atomic E-state index is 14.3. The maximum Gasteiger partial charge on any atom is 0.395 e. The minimum Gasteiger partial charge on any atom is -0.483 e. The summed E-state index contributed by atoms with van der Waals surface area (Å²) >= 11 is 5.85. The van der Waals surface area contributed by atoms with Crippen molar-refractivity contribution in [2.24, 2.45) is 5.92 Å². The Morgan fingerprint density at radius 1 is 1.13 bits per heavy atom. The Balaban J connectivity index is 1.88. The highest BCUT2D eigenvalue weighted by atomic mass is 35.5. The summed E-state index contributed by atoms with van der Waals surface area (Å²) in [5, 5.41) is 9.11. The summed E-state index contributed by atoms with van der Waals surface area (Å²) in [6.07, 6.45) is -4.97. The largest absolute Gasteiger partial charge is 0.483 e. The number of rotatable bonds is 7. The second kappa shape index (κ2) is 9.26. The van der Waals surface area contributed by atoms with Gasteiger partial charge in [0, 0.05) is 11.4 Å². The number of aliphatic carboxylic acids is 1. The molecule has 2 aromatic rings. The molecule has 0 fully saturated rings. The van der Waals surface area contributed by atoms with Crippen LogP contribution in [0, 0.1) is 17.6 Å². The van der Waals surface area contributed by atoms with Gasteiger partial charge < -0.3 is 9.84 Å². The van der Waals surface area contributed by atoms with E-state index in [1.165, 1.54) is 0 Å². The molecule has 3 nitrogen and oxygen atoms in total. The fraction of sp³-hybridized carbons (Fsp3) is 0.318.